The van der Waals surface area contributed by atoms with E-state index in [4.69, 9.17) is 4.74 Å². The first-order chi connectivity index (χ1) is 12.5. The Morgan fingerprint density at radius 2 is 1.77 bits per heavy atom. The summed E-state index contributed by atoms with van der Waals surface area (Å²) in [7, 11) is 3.34. The first kappa shape index (κ1) is 19.3. The van der Waals surface area contributed by atoms with Gasteiger partial charge >= 0.3 is 6.03 Å². The summed E-state index contributed by atoms with van der Waals surface area (Å²) in [6, 6.07) is 14.0. The predicted octanol–water partition coefficient (Wildman–Crippen LogP) is 3.67. The average molecular weight is 355 g/mol. The molecule has 0 heterocycles. The molecule has 0 unspecified atom stereocenters. The van der Waals surface area contributed by atoms with Crippen molar-refractivity contribution in [1.29, 1.82) is 0 Å². The Kier molecular flexibility index (Phi) is 6.60. The second-order valence-electron chi connectivity index (χ2n) is 5.90. The van der Waals surface area contributed by atoms with Crippen molar-refractivity contribution >= 4 is 17.6 Å². The molecule has 2 rings (SSSR count). The van der Waals surface area contributed by atoms with E-state index in [-0.39, 0.29) is 18.0 Å². The summed E-state index contributed by atoms with van der Waals surface area (Å²) >= 11 is 0. The number of hydrogen-bond acceptors (Lipinski definition) is 3. The number of anilines is 1. The first-order valence-corrected chi connectivity index (χ1v) is 8.53. The predicted molar refractivity (Wildman–Crippen MR) is 103 cm³/mol. The Bertz CT molecular complexity index is 759. The summed E-state index contributed by atoms with van der Waals surface area (Å²) in [5, 5.41) is 5.58. The van der Waals surface area contributed by atoms with Crippen molar-refractivity contribution in [2.45, 2.75) is 19.9 Å². The summed E-state index contributed by atoms with van der Waals surface area (Å²) in [6.45, 7) is 4.38. The molecule has 2 N–H and O–H groups in total. The number of carbonyl (C=O) groups excluding carboxylic acids is 2. The molecule has 2 aromatic rings. The van der Waals surface area contributed by atoms with E-state index in [0.29, 0.717) is 17.8 Å². The van der Waals surface area contributed by atoms with Gasteiger partial charge in [-0.05, 0) is 44.2 Å². The number of nitrogens with one attached hydrogen (secondary N) is 2. The van der Waals surface area contributed by atoms with Gasteiger partial charge in [-0.15, -0.1) is 0 Å². The SMILES string of the molecule is CCNC(=O)c1ccc(NC(=O)N(C)[C@@H](C)c2ccccc2OC)cc1. The summed E-state index contributed by atoms with van der Waals surface area (Å²) in [4.78, 5) is 25.9. The number of nitrogens with zero attached hydrogens (tertiary/aromatic N) is 1. The molecule has 1 atom stereocenters. The molecule has 2 aromatic carbocycles. The topological polar surface area (TPSA) is 70.7 Å². The van der Waals surface area contributed by atoms with Crippen LogP contribution in [0.5, 0.6) is 5.75 Å². The fourth-order valence-corrected chi connectivity index (χ4v) is 2.58. The van der Waals surface area contributed by atoms with E-state index in [1.54, 1.807) is 43.3 Å². The van der Waals surface area contributed by atoms with Crippen LogP contribution < -0.4 is 15.4 Å². The van der Waals surface area contributed by atoms with E-state index >= 15 is 0 Å². The maximum Gasteiger partial charge on any atom is 0.322 e. The molecule has 0 fully saturated rings. The second-order valence-corrected chi connectivity index (χ2v) is 5.90. The van der Waals surface area contributed by atoms with E-state index in [1.165, 1.54) is 0 Å². The van der Waals surface area contributed by atoms with Gasteiger partial charge in [0.2, 0.25) is 0 Å². The summed E-state index contributed by atoms with van der Waals surface area (Å²) < 4.78 is 5.37. The minimum Gasteiger partial charge on any atom is -0.496 e. The lowest BCUT2D eigenvalue weighted by Crippen LogP contribution is -2.33. The molecule has 138 valence electrons. The summed E-state index contributed by atoms with van der Waals surface area (Å²) in [5.74, 6) is 0.609. The molecular weight excluding hydrogens is 330 g/mol. The Morgan fingerprint density at radius 1 is 1.12 bits per heavy atom. The van der Waals surface area contributed by atoms with Crippen molar-refractivity contribution < 1.29 is 14.3 Å². The highest BCUT2D eigenvalue weighted by atomic mass is 16.5. The molecule has 26 heavy (non-hydrogen) atoms. The zero-order chi connectivity index (χ0) is 19.1. The summed E-state index contributed by atoms with van der Waals surface area (Å²) in [5.41, 5.74) is 2.11. The maximum absolute atomic E-state index is 12.5. The maximum atomic E-state index is 12.5. The van der Waals surface area contributed by atoms with Crippen molar-refractivity contribution in [3.63, 3.8) is 0 Å². The third-order valence-electron chi connectivity index (χ3n) is 4.23. The average Bonchev–Trinajstić information content (AvgIpc) is 2.67. The van der Waals surface area contributed by atoms with Gasteiger partial charge in [0.1, 0.15) is 5.75 Å². The molecule has 0 saturated heterocycles. The first-order valence-electron chi connectivity index (χ1n) is 8.53. The largest absolute Gasteiger partial charge is 0.496 e. The molecule has 3 amide bonds. The van der Waals surface area contributed by atoms with E-state index in [9.17, 15) is 9.59 Å². The van der Waals surface area contributed by atoms with Crippen LogP contribution in [0.3, 0.4) is 0 Å². The third kappa shape index (κ3) is 4.53. The summed E-state index contributed by atoms with van der Waals surface area (Å²) in [6.07, 6.45) is 0. The van der Waals surface area contributed by atoms with Gasteiger partial charge in [-0.2, -0.15) is 0 Å². The van der Waals surface area contributed by atoms with Crippen LogP contribution in [-0.4, -0.2) is 37.5 Å². The van der Waals surface area contributed by atoms with E-state index in [0.717, 1.165) is 11.3 Å². The number of hydrogen-bond donors (Lipinski definition) is 2. The van der Waals surface area contributed by atoms with Crippen molar-refractivity contribution in [3.8, 4) is 5.75 Å². The molecule has 0 aliphatic carbocycles. The Hall–Kier alpha value is -3.02. The molecule has 0 aromatic heterocycles. The number of benzene rings is 2. The zero-order valence-corrected chi connectivity index (χ0v) is 15.6. The van der Waals surface area contributed by atoms with Gasteiger partial charge in [0, 0.05) is 30.4 Å². The van der Waals surface area contributed by atoms with Crippen LogP contribution in [0.2, 0.25) is 0 Å². The van der Waals surface area contributed by atoms with Gasteiger partial charge in [-0.3, -0.25) is 4.79 Å². The lowest BCUT2D eigenvalue weighted by atomic mass is 10.1. The third-order valence-corrected chi connectivity index (χ3v) is 4.23. The standard InChI is InChI=1S/C20H25N3O3/c1-5-21-19(24)15-10-12-16(13-11-15)22-20(25)23(3)14(2)17-8-6-7-9-18(17)26-4/h6-14H,5H2,1-4H3,(H,21,24)(H,22,25)/t14-/m0/s1. The Balaban J connectivity index is 2.05. The number of methoxy groups -OCH3 is 1. The van der Waals surface area contributed by atoms with Crippen LogP contribution >= 0.6 is 0 Å². The van der Waals surface area contributed by atoms with Gasteiger partial charge in [-0.25, -0.2) is 4.79 Å². The number of carbonyl (C=O) groups is 2. The molecule has 0 spiro atoms. The van der Waals surface area contributed by atoms with Crippen molar-refractivity contribution in [3.05, 3.63) is 59.7 Å². The zero-order valence-electron chi connectivity index (χ0n) is 15.6. The van der Waals surface area contributed by atoms with Crippen molar-refractivity contribution in [2.24, 2.45) is 0 Å². The van der Waals surface area contributed by atoms with Crippen LogP contribution in [0.15, 0.2) is 48.5 Å². The number of para-hydroxylation sites is 1. The number of amides is 3. The van der Waals surface area contributed by atoms with Crippen LogP contribution in [0, 0.1) is 0 Å². The number of urea groups is 1. The van der Waals surface area contributed by atoms with Crippen molar-refractivity contribution in [2.75, 3.05) is 26.0 Å². The Morgan fingerprint density at radius 3 is 2.38 bits per heavy atom. The highest BCUT2D eigenvalue weighted by molar-refractivity contribution is 5.95. The van der Waals surface area contributed by atoms with E-state index < -0.39 is 0 Å². The lowest BCUT2D eigenvalue weighted by molar-refractivity contribution is 0.0956. The van der Waals surface area contributed by atoms with Gasteiger partial charge in [0.05, 0.1) is 13.2 Å². The van der Waals surface area contributed by atoms with Gasteiger partial charge in [-0.1, -0.05) is 18.2 Å². The van der Waals surface area contributed by atoms with E-state index in [2.05, 4.69) is 10.6 Å². The van der Waals surface area contributed by atoms with Gasteiger partial charge < -0.3 is 20.3 Å². The molecule has 6 heteroatoms. The van der Waals surface area contributed by atoms with E-state index in [1.807, 2.05) is 38.1 Å². The highest BCUT2D eigenvalue weighted by Gasteiger charge is 2.20. The Labute approximate surface area is 154 Å². The minimum absolute atomic E-state index is 0.132. The van der Waals surface area contributed by atoms with Crippen LogP contribution in [0.1, 0.15) is 35.8 Å². The molecule has 0 bridgehead atoms. The molecule has 6 nitrogen and oxygen atoms in total. The van der Waals surface area contributed by atoms with Crippen molar-refractivity contribution in [1.82, 2.24) is 10.2 Å². The fourth-order valence-electron chi connectivity index (χ4n) is 2.58. The second kappa shape index (κ2) is 8.89. The molecular formula is C20H25N3O3. The van der Waals surface area contributed by atoms with Gasteiger partial charge in [0.15, 0.2) is 0 Å². The molecule has 0 aliphatic heterocycles. The lowest BCUT2D eigenvalue weighted by Gasteiger charge is -2.26. The number of rotatable bonds is 6. The quantitative estimate of drug-likeness (QED) is 0.830. The van der Waals surface area contributed by atoms with Crippen LogP contribution in [0.4, 0.5) is 10.5 Å². The van der Waals surface area contributed by atoms with Crippen LogP contribution in [-0.2, 0) is 0 Å². The fraction of sp³-hybridized carbons (Fsp3) is 0.300. The number of ether oxygens (including phenoxy) is 1. The van der Waals surface area contributed by atoms with Gasteiger partial charge in [0.25, 0.3) is 5.91 Å². The molecule has 0 radical (unpaired) electrons. The highest BCUT2D eigenvalue weighted by Crippen LogP contribution is 2.28. The molecule has 0 saturated carbocycles. The van der Waals surface area contributed by atoms with Crippen LogP contribution in [0.25, 0.3) is 0 Å². The monoisotopic (exact) mass is 355 g/mol. The normalized spacial score (nSPS) is 11.4. The minimum atomic E-state index is -0.242. The molecule has 0 aliphatic rings. The smallest absolute Gasteiger partial charge is 0.322 e.